The van der Waals surface area contributed by atoms with Crippen molar-refractivity contribution in [1.82, 2.24) is 0 Å². The van der Waals surface area contributed by atoms with Crippen LogP contribution < -0.4 is 29.9 Å². The van der Waals surface area contributed by atoms with E-state index in [9.17, 15) is 4.79 Å². The van der Waals surface area contributed by atoms with Gasteiger partial charge in [-0.2, -0.15) is 0 Å². The van der Waals surface area contributed by atoms with Gasteiger partial charge in [0, 0.05) is 100 Å². The van der Waals surface area contributed by atoms with E-state index >= 15 is 0 Å². The number of anilines is 5. The predicted molar refractivity (Wildman–Crippen MR) is 593 cm³/mol. The molecule has 0 saturated carbocycles. The zero-order valence-corrected chi connectivity index (χ0v) is 81.9. The Hall–Kier alpha value is -14.2. The second-order valence-electron chi connectivity index (χ2n) is 32.8. The molecule has 138 heavy (non-hydrogen) atoms. The van der Waals surface area contributed by atoms with Crippen molar-refractivity contribution in [2.75, 3.05) is 15.1 Å². The Bertz CT molecular complexity index is 7560. The first-order valence-corrected chi connectivity index (χ1v) is 51.1. The lowest BCUT2D eigenvalue weighted by atomic mass is 9.63. The normalized spacial score (nSPS) is 12.2. The zero-order chi connectivity index (χ0) is 93.0. The van der Waals surface area contributed by atoms with Gasteiger partial charge in [-0.1, -0.05) is 398 Å². The second kappa shape index (κ2) is 42.6. The summed E-state index contributed by atoms with van der Waals surface area (Å²) in [5, 5.41) is 6.29. The summed E-state index contributed by atoms with van der Waals surface area (Å²) in [7, 11) is 0. The first-order valence-electron chi connectivity index (χ1n) is 44.9. The molecule has 0 atom stereocenters. The SMILES string of the molecule is Brc1ccccc1Oc1ccccc1.C.CI.Clc1ccc2c(c1)C1(c3ccccc3Oc3ccccc31)c1ccccc1S2.O=c1c2ccccc2sc2ccc(Cl)cc12.c1ccc(-c2ccc(N(c3ccc(-c4ccccc4)cc3)c3ccc4c(c3)C3(c5ccccc5Oc5ccccc53)c3ccccc3S4)cc2)cc1.c1ccc(-c2ccc(Nc3ccc(-c4ccccc4)cc3)cc2)cc1. The monoisotopic (exact) mass is 2050 g/mol. The number of para-hydroxylation sites is 6. The minimum Gasteiger partial charge on any atom is -0.457 e. The van der Waals surface area contributed by atoms with Gasteiger partial charge in [-0.25, -0.2) is 0 Å². The topological polar surface area (TPSA) is 60.0 Å². The highest BCUT2D eigenvalue weighted by Gasteiger charge is 2.51. The molecular formula is C125H90BrCl2IN2O4S3. The number of alkyl halides is 1. The van der Waals surface area contributed by atoms with Gasteiger partial charge in [-0.05, 0) is 264 Å². The third-order valence-corrected chi connectivity index (χ3v) is 29.3. The number of hydrogen-bond acceptors (Lipinski definition) is 9. The number of ether oxygens (including phenoxy) is 3. The van der Waals surface area contributed by atoms with Crippen LogP contribution in [-0.2, 0) is 10.8 Å². The predicted octanol–water partition coefficient (Wildman–Crippen LogP) is 37.5. The van der Waals surface area contributed by atoms with Crippen LogP contribution in [0.25, 0.3) is 64.7 Å². The van der Waals surface area contributed by atoms with Gasteiger partial charge in [-0.3, -0.25) is 4.79 Å². The molecule has 4 aliphatic heterocycles. The Morgan fingerprint density at radius 2 is 0.616 bits per heavy atom. The van der Waals surface area contributed by atoms with Gasteiger partial charge in [0.15, 0.2) is 5.43 Å². The van der Waals surface area contributed by atoms with E-state index in [1.807, 2.05) is 150 Å². The summed E-state index contributed by atoms with van der Waals surface area (Å²) < 4.78 is 21.6. The molecule has 4 aliphatic rings. The molecule has 0 amide bonds. The number of halogens is 4. The lowest BCUT2D eigenvalue weighted by molar-refractivity contribution is 0.431. The summed E-state index contributed by atoms with van der Waals surface area (Å²) in [6.07, 6.45) is 0. The van der Waals surface area contributed by atoms with Crippen LogP contribution in [0.4, 0.5) is 28.4 Å². The standard InChI is InChI=1S/C49H33NOS.C25H15ClOS.C24H19N.C13H7ClOS.C12H9BrO.CH3I.CH4/c1-3-13-34(14-4-1)36-23-27-38(28-24-36)50(39-29-25-37(26-30-39)35-15-5-2-6-16-35)40-31-32-48-44(33-40)49(43-19-9-12-22-47(43)52-48)41-17-7-10-20-45(41)51-46-21-11-8-18-42(46)49;26-16-13-14-24-20(15-16)25(19-9-3-6-12-23(19)28-24)17-7-1-4-10-21(17)27-22-11-5-2-8-18(22)25;1-3-7-19(8-4-1)21-11-15-23(16-12-21)25-24-17-13-22(14-18-24)20-9-5-2-6-10-20;14-8-5-6-12-10(7-8)13(15)9-3-1-2-4-11(9)16-12;13-11-8-4-5-9-12(11)14-10-6-2-1-3-7-10;1-2;/h1-33H;1-15H;1-18,25H;1-7H;1-9H;1H3;1H4. The molecule has 5 heterocycles. The fourth-order valence-electron chi connectivity index (χ4n) is 18.5. The molecule has 20 aromatic carbocycles. The summed E-state index contributed by atoms with van der Waals surface area (Å²) >= 11 is 23.3. The van der Waals surface area contributed by atoms with Gasteiger partial charge >= 0.3 is 0 Å². The Morgan fingerprint density at radius 1 is 0.297 bits per heavy atom. The third kappa shape index (κ3) is 19.1. The molecule has 1 N–H and O–H groups in total. The molecule has 670 valence electrons. The van der Waals surface area contributed by atoms with Crippen molar-refractivity contribution < 1.29 is 14.2 Å². The van der Waals surface area contributed by atoms with Gasteiger partial charge < -0.3 is 24.4 Å². The Balaban J connectivity index is 0.000000120. The Kier molecular flexibility index (Phi) is 28.6. The van der Waals surface area contributed by atoms with Crippen molar-refractivity contribution in [2.24, 2.45) is 0 Å². The highest BCUT2D eigenvalue weighted by molar-refractivity contribution is 14.1. The van der Waals surface area contributed by atoms with E-state index in [0.29, 0.717) is 10.4 Å². The average molecular weight is 2060 g/mol. The van der Waals surface area contributed by atoms with Crippen molar-refractivity contribution in [2.45, 2.75) is 37.8 Å². The van der Waals surface area contributed by atoms with E-state index in [-0.39, 0.29) is 12.9 Å². The van der Waals surface area contributed by atoms with E-state index < -0.39 is 10.8 Å². The lowest BCUT2D eigenvalue weighted by Gasteiger charge is -2.45. The van der Waals surface area contributed by atoms with E-state index in [4.69, 9.17) is 37.4 Å². The number of fused-ring (bicyclic) bond motifs is 18. The van der Waals surface area contributed by atoms with Crippen molar-refractivity contribution in [3.05, 3.63) is 567 Å². The molecule has 21 aromatic rings. The summed E-state index contributed by atoms with van der Waals surface area (Å²) in [5.41, 5.74) is 23.9. The van der Waals surface area contributed by atoms with Crippen molar-refractivity contribution >= 4 is 145 Å². The lowest BCUT2D eigenvalue weighted by Crippen LogP contribution is -2.36. The largest absolute Gasteiger partial charge is 0.457 e. The summed E-state index contributed by atoms with van der Waals surface area (Å²) in [6.45, 7) is 0. The van der Waals surface area contributed by atoms with Crippen molar-refractivity contribution in [3.63, 3.8) is 0 Å². The third-order valence-electron chi connectivity index (χ3n) is 24.7. The van der Waals surface area contributed by atoms with E-state index in [1.165, 1.54) is 86.3 Å². The molecule has 0 saturated heterocycles. The van der Waals surface area contributed by atoms with Crippen molar-refractivity contribution in [1.29, 1.82) is 0 Å². The molecular weight excluding hydrogens is 1970 g/mol. The van der Waals surface area contributed by atoms with Gasteiger partial charge in [0.2, 0.25) is 0 Å². The fourth-order valence-corrected chi connectivity index (χ4v) is 22.6. The maximum absolute atomic E-state index is 12.2. The molecule has 0 aliphatic carbocycles. The molecule has 0 unspecified atom stereocenters. The summed E-state index contributed by atoms with van der Waals surface area (Å²) in [5.74, 6) is 5.26. The van der Waals surface area contributed by atoms with Crippen LogP contribution in [0.1, 0.15) is 51.9 Å². The van der Waals surface area contributed by atoms with E-state index in [1.54, 1.807) is 17.4 Å². The van der Waals surface area contributed by atoms with Gasteiger partial charge in [0.05, 0.1) is 15.3 Å². The molecule has 0 fully saturated rings. The highest BCUT2D eigenvalue weighted by Crippen LogP contribution is 2.64. The van der Waals surface area contributed by atoms with Gasteiger partial charge in [0.25, 0.3) is 0 Å². The first-order chi connectivity index (χ1) is 67.5. The Labute approximate surface area is 850 Å². The molecule has 0 bridgehead atoms. The van der Waals surface area contributed by atoms with Crippen LogP contribution in [-0.4, -0.2) is 4.93 Å². The number of hydrogen-bond donors (Lipinski definition) is 1. The van der Waals surface area contributed by atoms with Crippen molar-refractivity contribution in [3.8, 4) is 79.0 Å². The Morgan fingerprint density at radius 3 is 1.06 bits per heavy atom. The minimum absolute atomic E-state index is 0. The number of nitrogens with zero attached hydrogens (tertiary/aromatic N) is 1. The molecule has 1 aromatic heterocycles. The van der Waals surface area contributed by atoms with Crippen LogP contribution >= 0.6 is 96.6 Å². The van der Waals surface area contributed by atoms with Crippen LogP contribution in [0, 0.1) is 0 Å². The molecule has 0 radical (unpaired) electrons. The van der Waals surface area contributed by atoms with Crippen LogP contribution in [0.3, 0.4) is 0 Å². The van der Waals surface area contributed by atoms with Crippen LogP contribution in [0.15, 0.2) is 526 Å². The number of rotatable bonds is 11. The number of nitrogens with one attached hydrogen (secondary N) is 1. The fraction of sp³-hybridized carbons (Fsp3) is 0.0320. The van der Waals surface area contributed by atoms with Crippen LogP contribution in [0.5, 0.6) is 34.5 Å². The number of benzene rings is 20. The first kappa shape index (κ1) is 92.8. The molecule has 6 nitrogen and oxygen atoms in total. The smallest absolute Gasteiger partial charge is 0.195 e. The van der Waals surface area contributed by atoms with Crippen LogP contribution in [0.2, 0.25) is 10.0 Å². The highest BCUT2D eigenvalue weighted by atomic mass is 127. The van der Waals surface area contributed by atoms with Gasteiger partial charge in [-0.15, -0.1) is 11.3 Å². The minimum atomic E-state index is -0.571. The maximum Gasteiger partial charge on any atom is 0.195 e. The second-order valence-corrected chi connectivity index (χ2v) is 37.8. The summed E-state index contributed by atoms with van der Waals surface area (Å²) in [6, 6.07) is 172. The maximum atomic E-state index is 12.2. The summed E-state index contributed by atoms with van der Waals surface area (Å²) in [4.78, 5) is 21.6. The molecule has 25 rings (SSSR count). The van der Waals surface area contributed by atoms with Gasteiger partial charge in [0.1, 0.15) is 34.5 Å². The van der Waals surface area contributed by atoms with E-state index in [0.717, 1.165) is 109 Å². The van der Waals surface area contributed by atoms with E-state index in [2.05, 4.69) is 419 Å². The molecule has 2 spiro atoms. The quantitative estimate of drug-likeness (QED) is 0.0781. The molecule has 13 heteroatoms. The zero-order valence-electron chi connectivity index (χ0n) is 74.2. The average Bonchev–Trinajstić information content (AvgIpc) is 0.690.